The minimum absolute atomic E-state index is 0.108. The standard InChI is InChI=1S/C14H23N3/c1-13(2,3)12-14(6-10(14)8-16-12)11(7-15)9-17(4)5/h9-10,12,16H,6,8H2,1-5H3. The van der Waals surface area contributed by atoms with Crippen molar-refractivity contribution in [2.75, 3.05) is 20.6 Å². The monoisotopic (exact) mass is 233 g/mol. The van der Waals surface area contributed by atoms with Crippen LogP contribution in [0, 0.1) is 28.1 Å². The van der Waals surface area contributed by atoms with Gasteiger partial charge in [-0.25, -0.2) is 0 Å². The molecule has 0 bridgehead atoms. The molecule has 1 heterocycles. The zero-order chi connectivity index (χ0) is 12.8. The van der Waals surface area contributed by atoms with Gasteiger partial charge >= 0.3 is 0 Å². The highest BCUT2D eigenvalue weighted by Crippen LogP contribution is 2.65. The first-order chi connectivity index (χ1) is 7.82. The third-order valence-corrected chi connectivity index (χ3v) is 4.11. The molecule has 3 nitrogen and oxygen atoms in total. The lowest BCUT2D eigenvalue weighted by atomic mass is 9.74. The van der Waals surface area contributed by atoms with E-state index < -0.39 is 0 Å². The van der Waals surface area contributed by atoms with Crippen LogP contribution in [0.2, 0.25) is 0 Å². The molecular weight excluding hydrogens is 210 g/mol. The fourth-order valence-electron chi connectivity index (χ4n) is 3.47. The molecule has 3 heteroatoms. The first-order valence-corrected chi connectivity index (χ1v) is 6.34. The second kappa shape index (κ2) is 3.74. The molecule has 0 aromatic heterocycles. The molecule has 2 aliphatic rings. The SMILES string of the molecule is CN(C)C=C(C#N)C12CC1CNC2C(C)(C)C. The van der Waals surface area contributed by atoms with E-state index in [9.17, 15) is 5.26 Å². The minimum atomic E-state index is 0.108. The Morgan fingerprint density at radius 2 is 2.12 bits per heavy atom. The second-order valence-corrected chi connectivity index (χ2v) is 6.77. The van der Waals surface area contributed by atoms with Gasteiger partial charge < -0.3 is 10.2 Å². The molecule has 3 atom stereocenters. The topological polar surface area (TPSA) is 39.1 Å². The lowest BCUT2D eigenvalue weighted by Gasteiger charge is -2.35. The Balaban J connectivity index is 2.34. The fourth-order valence-corrected chi connectivity index (χ4v) is 3.47. The van der Waals surface area contributed by atoms with Gasteiger partial charge in [-0.15, -0.1) is 0 Å². The van der Waals surface area contributed by atoms with Crippen LogP contribution < -0.4 is 5.32 Å². The largest absolute Gasteiger partial charge is 0.383 e. The summed E-state index contributed by atoms with van der Waals surface area (Å²) in [6, 6.07) is 2.86. The lowest BCUT2D eigenvalue weighted by Crippen LogP contribution is -2.43. The van der Waals surface area contributed by atoms with Crippen molar-refractivity contribution < 1.29 is 0 Å². The zero-order valence-corrected chi connectivity index (χ0v) is 11.5. The third kappa shape index (κ3) is 1.85. The van der Waals surface area contributed by atoms with Gasteiger partial charge in [0.05, 0.1) is 11.6 Å². The Labute approximate surface area is 104 Å². The zero-order valence-electron chi connectivity index (χ0n) is 11.5. The number of fused-ring (bicyclic) bond motifs is 1. The van der Waals surface area contributed by atoms with Crippen molar-refractivity contribution in [2.45, 2.75) is 33.2 Å². The van der Waals surface area contributed by atoms with Crippen molar-refractivity contribution in [1.82, 2.24) is 10.2 Å². The van der Waals surface area contributed by atoms with E-state index in [1.165, 1.54) is 6.42 Å². The van der Waals surface area contributed by atoms with E-state index in [2.05, 4.69) is 32.2 Å². The molecule has 0 radical (unpaired) electrons. The summed E-state index contributed by atoms with van der Waals surface area (Å²) in [7, 11) is 3.97. The summed E-state index contributed by atoms with van der Waals surface area (Å²) in [4.78, 5) is 1.99. The fraction of sp³-hybridized carbons (Fsp3) is 0.786. The van der Waals surface area contributed by atoms with Gasteiger partial charge in [0.25, 0.3) is 0 Å². The van der Waals surface area contributed by atoms with Crippen LogP contribution in [0.3, 0.4) is 0 Å². The van der Waals surface area contributed by atoms with Gasteiger partial charge in [0, 0.05) is 31.8 Å². The summed E-state index contributed by atoms with van der Waals surface area (Å²) < 4.78 is 0. The molecular formula is C14H23N3. The third-order valence-electron chi connectivity index (χ3n) is 4.11. The van der Waals surface area contributed by atoms with E-state index in [0.717, 1.165) is 12.1 Å². The van der Waals surface area contributed by atoms with Crippen LogP contribution in [-0.4, -0.2) is 31.6 Å². The maximum absolute atomic E-state index is 9.44. The maximum Gasteiger partial charge on any atom is 0.0969 e. The highest BCUT2D eigenvalue weighted by atomic mass is 15.1. The van der Waals surface area contributed by atoms with E-state index in [1.807, 2.05) is 25.2 Å². The van der Waals surface area contributed by atoms with Crippen LogP contribution in [-0.2, 0) is 0 Å². The van der Waals surface area contributed by atoms with Crippen LogP contribution >= 0.6 is 0 Å². The van der Waals surface area contributed by atoms with Crippen molar-refractivity contribution in [2.24, 2.45) is 16.7 Å². The summed E-state index contributed by atoms with van der Waals surface area (Å²) in [5, 5.41) is 13.1. The van der Waals surface area contributed by atoms with Crippen molar-refractivity contribution in [3.05, 3.63) is 11.8 Å². The van der Waals surface area contributed by atoms with E-state index >= 15 is 0 Å². The van der Waals surface area contributed by atoms with Gasteiger partial charge in [-0.05, 0) is 24.3 Å². The minimum Gasteiger partial charge on any atom is -0.383 e. The van der Waals surface area contributed by atoms with Gasteiger partial charge in [0.2, 0.25) is 0 Å². The van der Waals surface area contributed by atoms with Crippen molar-refractivity contribution >= 4 is 0 Å². The van der Waals surface area contributed by atoms with E-state index in [4.69, 9.17) is 0 Å². The maximum atomic E-state index is 9.44. The number of piperidine rings is 1. The average Bonchev–Trinajstić information content (AvgIpc) is 2.78. The molecule has 1 saturated heterocycles. The van der Waals surface area contributed by atoms with E-state index in [0.29, 0.717) is 12.0 Å². The number of hydrogen-bond acceptors (Lipinski definition) is 3. The molecule has 3 unspecified atom stereocenters. The lowest BCUT2D eigenvalue weighted by molar-refractivity contribution is 0.228. The van der Waals surface area contributed by atoms with Gasteiger partial charge in [-0.2, -0.15) is 5.26 Å². The normalized spacial score (nSPS) is 36.4. The molecule has 94 valence electrons. The molecule has 1 N–H and O–H groups in total. The molecule has 1 aliphatic carbocycles. The number of hydrogen-bond donors (Lipinski definition) is 1. The summed E-state index contributed by atoms with van der Waals surface area (Å²) in [5.41, 5.74) is 1.27. The smallest absolute Gasteiger partial charge is 0.0969 e. The van der Waals surface area contributed by atoms with Gasteiger partial charge in [-0.1, -0.05) is 20.8 Å². The van der Waals surface area contributed by atoms with Crippen molar-refractivity contribution in [1.29, 1.82) is 5.26 Å². The number of nitrogens with one attached hydrogen (secondary N) is 1. The molecule has 2 fully saturated rings. The first kappa shape index (κ1) is 12.4. The number of nitrogens with zero attached hydrogens (tertiary/aromatic N) is 2. The molecule has 0 spiro atoms. The Kier molecular flexibility index (Phi) is 2.74. The van der Waals surface area contributed by atoms with Crippen molar-refractivity contribution in [3.63, 3.8) is 0 Å². The summed E-state index contributed by atoms with van der Waals surface area (Å²) >= 11 is 0. The molecule has 0 amide bonds. The molecule has 1 saturated carbocycles. The highest BCUT2D eigenvalue weighted by molar-refractivity contribution is 5.41. The molecule has 0 aromatic rings. The predicted octanol–water partition coefficient (Wildman–Crippen LogP) is 1.98. The van der Waals surface area contributed by atoms with E-state index in [1.54, 1.807) is 0 Å². The number of nitriles is 1. The van der Waals surface area contributed by atoms with E-state index in [-0.39, 0.29) is 10.8 Å². The summed E-state index contributed by atoms with van der Waals surface area (Å²) in [6.07, 6.45) is 3.18. The van der Waals surface area contributed by atoms with Crippen molar-refractivity contribution in [3.8, 4) is 6.07 Å². The first-order valence-electron chi connectivity index (χ1n) is 6.34. The summed E-state index contributed by atoms with van der Waals surface area (Å²) in [5.74, 6) is 0.664. The van der Waals surface area contributed by atoms with Crippen LogP contribution in [0.25, 0.3) is 0 Å². The van der Waals surface area contributed by atoms with Crippen LogP contribution in [0.5, 0.6) is 0 Å². The molecule has 2 rings (SSSR count). The highest BCUT2D eigenvalue weighted by Gasteiger charge is 2.67. The second-order valence-electron chi connectivity index (χ2n) is 6.77. The van der Waals surface area contributed by atoms with Crippen LogP contribution in [0.4, 0.5) is 0 Å². The Hall–Kier alpha value is -1.01. The van der Waals surface area contributed by atoms with Gasteiger partial charge in [0.15, 0.2) is 0 Å². The molecule has 17 heavy (non-hydrogen) atoms. The van der Waals surface area contributed by atoms with Gasteiger partial charge in [0.1, 0.15) is 0 Å². The molecule has 1 aliphatic heterocycles. The Morgan fingerprint density at radius 1 is 1.47 bits per heavy atom. The Morgan fingerprint density at radius 3 is 2.53 bits per heavy atom. The predicted molar refractivity (Wildman–Crippen MR) is 69.2 cm³/mol. The molecule has 0 aromatic carbocycles. The van der Waals surface area contributed by atoms with Crippen LogP contribution in [0.15, 0.2) is 11.8 Å². The Bertz CT molecular complexity index is 383. The number of rotatable bonds is 2. The average molecular weight is 233 g/mol. The quantitative estimate of drug-likeness (QED) is 0.741. The summed E-state index contributed by atoms with van der Waals surface area (Å²) in [6.45, 7) is 7.85. The van der Waals surface area contributed by atoms with Crippen LogP contribution in [0.1, 0.15) is 27.2 Å². The van der Waals surface area contributed by atoms with Gasteiger partial charge in [-0.3, -0.25) is 0 Å².